The van der Waals surface area contributed by atoms with Crippen molar-refractivity contribution in [2.45, 2.75) is 38.5 Å². The molecule has 0 heterocycles. The normalized spacial score (nSPS) is 14.9. The van der Waals surface area contributed by atoms with E-state index in [9.17, 15) is 4.79 Å². The summed E-state index contributed by atoms with van der Waals surface area (Å²) in [6.07, 6.45) is 9.74. The van der Waals surface area contributed by atoms with Gasteiger partial charge in [0.25, 0.3) is 0 Å². The molecule has 0 aromatic heterocycles. The van der Waals surface area contributed by atoms with Crippen LogP contribution in [0.15, 0.2) is 24.3 Å². The molecule has 1 aromatic rings. The fourth-order valence-corrected chi connectivity index (χ4v) is 1.61. The van der Waals surface area contributed by atoms with E-state index in [1.807, 2.05) is 0 Å². The molecule has 0 bridgehead atoms. The largest absolute Gasteiger partial charge is 0.508 e. The Balaban J connectivity index is 0.000000162. The number of hydrogen-bond donors (Lipinski definition) is 1. The quantitative estimate of drug-likeness (QED) is 0.713. The van der Waals surface area contributed by atoms with Crippen LogP contribution in [0.3, 0.4) is 0 Å². The van der Waals surface area contributed by atoms with Crippen molar-refractivity contribution in [3.05, 3.63) is 29.8 Å². The summed E-state index contributed by atoms with van der Waals surface area (Å²) in [4.78, 5) is 10.0. The van der Waals surface area contributed by atoms with Gasteiger partial charge in [0.15, 0.2) is 0 Å². The van der Waals surface area contributed by atoms with Crippen molar-refractivity contribution in [2.75, 3.05) is 0 Å². The second kappa shape index (κ2) is 7.04. The molecule has 1 aliphatic carbocycles. The van der Waals surface area contributed by atoms with Crippen molar-refractivity contribution < 1.29 is 9.90 Å². The van der Waals surface area contributed by atoms with Gasteiger partial charge in [-0.3, -0.25) is 4.79 Å². The van der Waals surface area contributed by atoms with Gasteiger partial charge in [-0.15, -0.1) is 0 Å². The highest BCUT2D eigenvalue weighted by Gasteiger charge is 1.95. The first-order valence-corrected chi connectivity index (χ1v) is 5.57. The number of aldehydes is 1. The van der Waals surface area contributed by atoms with Crippen molar-refractivity contribution >= 4 is 6.29 Å². The van der Waals surface area contributed by atoms with E-state index in [0.29, 0.717) is 5.56 Å². The van der Waals surface area contributed by atoms with E-state index >= 15 is 0 Å². The summed E-state index contributed by atoms with van der Waals surface area (Å²) in [6.45, 7) is 0. The predicted molar refractivity (Wildman–Crippen MR) is 61.2 cm³/mol. The van der Waals surface area contributed by atoms with Crippen LogP contribution in [0, 0.1) is 0 Å². The molecule has 1 N–H and O–H groups in total. The summed E-state index contributed by atoms with van der Waals surface area (Å²) < 4.78 is 0. The number of hydrogen-bond acceptors (Lipinski definition) is 2. The second-order valence-corrected chi connectivity index (χ2v) is 3.83. The number of carbonyl (C=O) groups is 1. The number of rotatable bonds is 1. The van der Waals surface area contributed by atoms with Gasteiger partial charge in [-0.25, -0.2) is 0 Å². The fraction of sp³-hybridized carbons (Fsp3) is 0.462. The molecule has 2 heteroatoms. The predicted octanol–water partition coefficient (Wildman–Crippen LogP) is 3.55. The fourth-order valence-electron chi connectivity index (χ4n) is 1.61. The number of phenolic OH excluding ortho intramolecular Hbond substituents is 1. The molecule has 0 atom stereocenters. The zero-order valence-corrected chi connectivity index (χ0v) is 8.98. The van der Waals surface area contributed by atoms with Gasteiger partial charge in [-0.1, -0.05) is 38.5 Å². The van der Waals surface area contributed by atoms with E-state index in [4.69, 9.17) is 5.11 Å². The SMILES string of the molecule is C1CCCCC1.O=Cc1ccc(O)cc1. The molecule has 2 nitrogen and oxygen atoms in total. The summed E-state index contributed by atoms with van der Waals surface area (Å²) in [5, 5.41) is 8.74. The molecule has 1 aromatic carbocycles. The molecule has 0 spiro atoms. The minimum atomic E-state index is 0.181. The lowest BCUT2D eigenvalue weighted by atomic mass is 10.0. The van der Waals surface area contributed by atoms with Crippen LogP contribution >= 0.6 is 0 Å². The topological polar surface area (TPSA) is 37.3 Å². The summed E-state index contributed by atoms with van der Waals surface area (Å²) in [5.41, 5.74) is 0.577. The van der Waals surface area contributed by atoms with E-state index < -0.39 is 0 Å². The third-order valence-electron chi connectivity index (χ3n) is 2.53. The Kier molecular flexibility index (Phi) is 5.52. The first-order valence-electron chi connectivity index (χ1n) is 5.57. The molecular weight excluding hydrogens is 188 g/mol. The Morgan fingerprint density at radius 1 is 0.867 bits per heavy atom. The molecular formula is C13H18O2. The van der Waals surface area contributed by atoms with Crippen LogP contribution in [0.25, 0.3) is 0 Å². The number of benzene rings is 1. The lowest BCUT2D eigenvalue weighted by Gasteiger charge is -2.05. The number of aromatic hydroxyl groups is 1. The van der Waals surface area contributed by atoms with Crippen LogP contribution in [0.5, 0.6) is 5.75 Å². The number of phenols is 1. The van der Waals surface area contributed by atoms with Crippen LogP contribution in [0.1, 0.15) is 48.9 Å². The van der Waals surface area contributed by atoms with Gasteiger partial charge in [-0.05, 0) is 24.3 Å². The van der Waals surface area contributed by atoms with Gasteiger partial charge < -0.3 is 5.11 Å². The maximum Gasteiger partial charge on any atom is 0.150 e. The third-order valence-corrected chi connectivity index (χ3v) is 2.53. The Labute approximate surface area is 90.9 Å². The minimum Gasteiger partial charge on any atom is -0.508 e. The Morgan fingerprint density at radius 3 is 1.60 bits per heavy atom. The van der Waals surface area contributed by atoms with Crippen LogP contribution < -0.4 is 0 Å². The smallest absolute Gasteiger partial charge is 0.150 e. The van der Waals surface area contributed by atoms with E-state index in [1.54, 1.807) is 12.1 Å². The monoisotopic (exact) mass is 206 g/mol. The van der Waals surface area contributed by atoms with Crippen molar-refractivity contribution in [1.82, 2.24) is 0 Å². The average molecular weight is 206 g/mol. The molecule has 0 unspecified atom stereocenters. The lowest BCUT2D eigenvalue weighted by Crippen LogP contribution is -1.85. The molecule has 1 fully saturated rings. The molecule has 2 rings (SSSR count). The van der Waals surface area contributed by atoms with Gasteiger partial charge in [0.2, 0.25) is 0 Å². The van der Waals surface area contributed by atoms with Gasteiger partial charge >= 0.3 is 0 Å². The minimum absolute atomic E-state index is 0.181. The van der Waals surface area contributed by atoms with Gasteiger partial charge in [0.05, 0.1) is 0 Å². The van der Waals surface area contributed by atoms with Crippen molar-refractivity contribution in [2.24, 2.45) is 0 Å². The van der Waals surface area contributed by atoms with Crippen LogP contribution in [0.4, 0.5) is 0 Å². The summed E-state index contributed by atoms with van der Waals surface area (Å²) >= 11 is 0. The van der Waals surface area contributed by atoms with E-state index in [-0.39, 0.29) is 5.75 Å². The summed E-state index contributed by atoms with van der Waals surface area (Å²) in [6, 6.07) is 6.07. The highest BCUT2D eigenvalue weighted by atomic mass is 16.3. The third kappa shape index (κ3) is 5.21. The molecule has 15 heavy (non-hydrogen) atoms. The Hall–Kier alpha value is -1.31. The van der Waals surface area contributed by atoms with Gasteiger partial charge in [-0.2, -0.15) is 0 Å². The van der Waals surface area contributed by atoms with Gasteiger partial charge in [0.1, 0.15) is 12.0 Å². The Morgan fingerprint density at radius 2 is 1.27 bits per heavy atom. The van der Waals surface area contributed by atoms with Crippen LogP contribution in [-0.4, -0.2) is 11.4 Å². The standard InChI is InChI=1S/C7H6O2.C6H12/c8-5-6-1-3-7(9)4-2-6;1-2-4-6-5-3-1/h1-5,9H;1-6H2. The zero-order valence-electron chi connectivity index (χ0n) is 8.98. The Bertz CT molecular complexity index is 262. The maximum absolute atomic E-state index is 10.0. The highest BCUT2D eigenvalue weighted by molar-refractivity contribution is 5.74. The highest BCUT2D eigenvalue weighted by Crippen LogP contribution is 2.15. The van der Waals surface area contributed by atoms with Crippen LogP contribution in [0.2, 0.25) is 0 Å². The maximum atomic E-state index is 10.0. The molecule has 0 radical (unpaired) electrons. The first kappa shape index (κ1) is 11.8. The van der Waals surface area contributed by atoms with E-state index in [2.05, 4.69) is 0 Å². The van der Waals surface area contributed by atoms with Crippen LogP contribution in [-0.2, 0) is 0 Å². The number of carbonyl (C=O) groups excluding carboxylic acids is 1. The summed E-state index contributed by atoms with van der Waals surface area (Å²) in [7, 11) is 0. The van der Waals surface area contributed by atoms with Crippen molar-refractivity contribution in [3.63, 3.8) is 0 Å². The zero-order chi connectivity index (χ0) is 10.9. The van der Waals surface area contributed by atoms with E-state index in [1.165, 1.54) is 50.7 Å². The second-order valence-electron chi connectivity index (χ2n) is 3.83. The molecule has 82 valence electrons. The summed E-state index contributed by atoms with van der Waals surface area (Å²) in [5.74, 6) is 0.181. The van der Waals surface area contributed by atoms with E-state index in [0.717, 1.165) is 6.29 Å². The molecule has 1 saturated carbocycles. The molecule has 0 amide bonds. The molecule has 1 aliphatic rings. The average Bonchev–Trinajstić information content (AvgIpc) is 2.33. The lowest BCUT2D eigenvalue weighted by molar-refractivity contribution is 0.112. The van der Waals surface area contributed by atoms with Crippen molar-refractivity contribution in [3.8, 4) is 5.75 Å². The molecule has 0 saturated heterocycles. The molecule has 0 aliphatic heterocycles. The first-order chi connectivity index (χ1) is 7.33. The van der Waals surface area contributed by atoms with Crippen molar-refractivity contribution in [1.29, 1.82) is 0 Å². The van der Waals surface area contributed by atoms with Gasteiger partial charge in [0, 0.05) is 5.56 Å².